The molecule has 1 aliphatic rings. The smallest absolute Gasteiger partial charge is 0.410 e. The van der Waals surface area contributed by atoms with Crippen molar-refractivity contribution in [1.82, 2.24) is 14.5 Å². The van der Waals surface area contributed by atoms with Crippen molar-refractivity contribution in [1.29, 1.82) is 0 Å². The van der Waals surface area contributed by atoms with Crippen LogP contribution in [0.4, 0.5) is 4.79 Å². The van der Waals surface area contributed by atoms with Crippen molar-refractivity contribution < 1.29 is 19.7 Å². The summed E-state index contributed by atoms with van der Waals surface area (Å²) in [6.45, 7) is 0.511. The highest BCUT2D eigenvalue weighted by Gasteiger charge is 2.35. The largest absolute Gasteiger partial charge is 0.445 e. The number of carbonyl (C=O) groups is 1. The maximum Gasteiger partial charge on any atom is 0.410 e. The summed E-state index contributed by atoms with van der Waals surface area (Å²) in [5.41, 5.74) is 1.02. The van der Waals surface area contributed by atoms with Gasteiger partial charge in [0, 0.05) is 11.0 Å². The second kappa shape index (κ2) is 10.9. The zero-order chi connectivity index (χ0) is 24.2. The molecule has 1 aliphatic heterocycles. The van der Waals surface area contributed by atoms with Gasteiger partial charge >= 0.3 is 6.09 Å². The van der Waals surface area contributed by atoms with Crippen LogP contribution in [0.2, 0.25) is 5.02 Å². The number of aliphatic hydroxyl groups is 2. The monoisotopic (exact) mass is 549 g/mol. The molecule has 1 unspecified atom stereocenters. The summed E-state index contributed by atoms with van der Waals surface area (Å²) in [7, 11) is 0. The highest BCUT2D eigenvalue weighted by molar-refractivity contribution is 9.10. The fraction of sp³-hybridized carbons (Fsp3) is 0.375. The van der Waals surface area contributed by atoms with E-state index in [2.05, 4.69) is 20.9 Å². The van der Waals surface area contributed by atoms with E-state index in [1.165, 1.54) is 21.9 Å². The van der Waals surface area contributed by atoms with Crippen LogP contribution < -0.4 is 5.56 Å². The number of hydrogen-bond acceptors (Lipinski definition) is 6. The van der Waals surface area contributed by atoms with Gasteiger partial charge in [-0.2, -0.15) is 0 Å². The Labute approximate surface area is 209 Å². The lowest BCUT2D eigenvalue weighted by Crippen LogP contribution is -2.52. The number of hydrogen-bond donors (Lipinski definition) is 2. The molecule has 1 amide bonds. The standard InChI is InChI=1S/C24H25BrClN3O5/c25-18-11-20-17(10-19(18)26)23(32)28(14-27-20)12-16(30)9-21-22(31)7-4-8-29(21)24(33)34-13-15-5-2-1-3-6-15/h1-3,5-6,10-11,14,16,21-22,30-31H,4,7-9,12-13H2/t16?,21-,22+/m1/s1. The third-order valence-corrected chi connectivity index (χ3v) is 7.17. The van der Waals surface area contributed by atoms with Crippen molar-refractivity contribution in [3.63, 3.8) is 0 Å². The third kappa shape index (κ3) is 5.60. The highest BCUT2D eigenvalue weighted by Crippen LogP contribution is 2.26. The number of fused-ring (bicyclic) bond motifs is 1. The van der Waals surface area contributed by atoms with E-state index in [1.54, 1.807) is 6.07 Å². The molecule has 3 atom stereocenters. The maximum absolute atomic E-state index is 12.9. The van der Waals surface area contributed by atoms with Crippen molar-refractivity contribution in [3.05, 3.63) is 74.2 Å². The Bertz CT molecular complexity index is 1220. The van der Waals surface area contributed by atoms with Gasteiger partial charge in [0.15, 0.2) is 0 Å². The molecule has 180 valence electrons. The lowest BCUT2D eigenvalue weighted by molar-refractivity contribution is -0.0183. The lowest BCUT2D eigenvalue weighted by atomic mass is 9.94. The average Bonchev–Trinajstić information content (AvgIpc) is 2.82. The van der Waals surface area contributed by atoms with Gasteiger partial charge in [0.2, 0.25) is 0 Å². The van der Waals surface area contributed by atoms with Crippen molar-refractivity contribution in [3.8, 4) is 0 Å². The Morgan fingerprint density at radius 1 is 1.29 bits per heavy atom. The predicted molar refractivity (Wildman–Crippen MR) is 132 cm³/mol. The molecule has 1 saturated heterocycles. The van der Waals surface area contributed by atoms with E-state index in [1.807, 2.05) is 30.3 Å². The van der Waals surface area contributed by atoms with Gasteiger partial charge in [0.05, 0.1) is 47.0 Å². The van der Waals surface area contributed by atoms with Crippen LogP contribution >= 0.6 is 27.5 Å². The van der Waals surface area contributed by atoms with Gasteiger partial charge < -0.3 is 19.8 Å². The first-order valence-electron chi connectivity index (χ1n) is 11.0. The summed E-state index contributed by atoms with van der Waals surface area (Å²) in [6.07, 6.45) is 0.290. The number of benzene rings is 2. The molecule has 34 heavy (non-hydrogen) atoms. The van der Waals surface area contributed by atoms with E-state index < -0.39 is 24.3 Å². The van der Waals surface area contributed by atoms with Crippen LogP contribution in [0.25, 0.3) is 10.9 Å². The Morgan fingerprint density at radius 2 is 2.06 bits per heavy atom. The summed E-state index contributed by atoms with van der Waals surface area (Å²) in [5, 5.41) is 22.1. The molecule has 2 N–H and O–H groups in total. The molecule has 0 radical (unpaired) electrons. The minimum atomic E-state index is -0.995. The number of aromatic nitrogens is 2. The van der Waals surface area contributed by atoms with E-state index in [9.17, 15) is 19.8 Å². The number of rotatable bonds is 6. The zero-order valence-electron chi connectivity index (χ0n) is 18.3. The van der Waals surface area contributed by atoms with E-state index in [0.717, 1.165) is 5.56 Å². The Hall–Kier alpha value is -2.46. The second-order valence-electron chi connectivity index (χ2n) is 8.39. The SMILES string of the molecule is O=C(OCc1ccccc1)N1CCC[C@H](O)[C@H]1CC(O)Cn1cnc2cc(Br)c(Cl)cc2c1=O. The average molecular weight is 551 g/mol. The molecule has 0 bridgehead atoms. The van der Waals surface area contributed by atoms with Gasteiger partial charge in [-0.1, -0.05) is 41.9 Å². The van der Waals surface area contributed by atoms with E-state index in [0.29, 0.717) is 39.8 Å². The number of ether oxygens (including phenoxy) is 1. The van der Waals surface area contributed by atoms with Crippen molar-refractivity contribution in [2.75, 3.05) is 6.54 Å². The summed E-state index contributed by atoms with van der Waals surface area (Å²) in [4.78, 5) is 31.4. The van der Waals surface area contributed by atoms with E-state index in [-0.39, 0.29) is 25.1 Å². The summed E-state index contributed by atoms with van der Waals surface area (Å²) >= 11 is 9.44. The number of halogens is 2. The molecule has 0 aliphatic carbocycles. The van der Waals surface area contributed by atoms with Gasteiger partial charge in [0.25, 0.3) is 5.56 Å². The van der Waals surface area contributed by atoms with Gasteiger partial charge in [-0.15, -0.1) is 0 Å². The fourth-order valence-electron chi connectivity index (χ4n) is 4.21. The van der Waals surface area contributed by atoms with Crippen LogP contribution in [0, 0.1) is 0 Å². The lowest BCUT2D eigenvalue weighted by Gasteiger charge is -2.39. The first kappa shape index (κ1) is 24.7. The molecule has 1 aromatic heterocycles. The number of amides is 1. The summed E-state index contributed by atoms with van der Waals surface area (Å²) < 4.78 is 7.39. The van der Waals surface area contributed by atoms with Crippen molar-refractivity contribution in [2.45, 2.75) is 50.7 Å². The van der Waals surface area contributed by atoms with Gasteiger partial charge in [0.1, 0.15) is 6.61 Å². The Morgan fingerprint density at radius 3 is 2.82 bits per heavy atom. The van der Waals surface area contributed by atoms with Crippen LogP contribution in [0.1, 0.15) is 24.8 Å². The second-order valence-corrected chi connectivity index (χ2v) is 9.65. The zero-order valence-corrected chi connectivity index (χ0v) is 20.7. The predicted octanol–water partition coefficient (Wildman–Crippen LogP) is 3.73. The number of carbonyl (C=O) groups excluding carboxylic acids is 1. The molecule has 0 spiro atoms. The van der Waals surface area contributed by atoms with E-state index >= 15 is 0 Å². The Balaban J connectivity index is 1.45. The van der Waals surface area contributed by atoms with Crippen molar-refractivity contribution in [2.24, 2.45) is 0 Å². The first-order chi connectivity index (χ1) is 16.3. The van der Waals surface area contributed by atoms with E-state index in [4.69, 9.17) is 16.3 Å². The normalized spacial score (nSPS) is 19.2. The van der Waals surface area contributed by atoms with Crippen LogP contribution in [0.15, 0.2) is 58.1 Å². The van der Waals surface area contributed by atoms with Crippen LogP contribution in [0.3, 0.4) is 0 Å². The molecule has 0 saturated carbocycles. The molecule has 1 fully saturated rings. The minimum Gasteiger partial charge on any atom is -0.445 e. The molecule has 3 aromatic rings. The number of nitrogens with zero attached hydrogens (tertiary/aromatic N) is 3. The Kier molecular flexibility index (Phi) is 7.88. The van der Waals surface area contributed by atoms with Gasteiger partial charge in [-0.3, -0.25) is 9.36 Å². The van der Waals surface area contributed by atoms with Gasteiger partial charge in [-0.05, 0) is 52.9 Å². The molecule has 10 heteroatoms. The molecule has 4 rings (SSSR count). The fourth-order valence-corrected chi connectivity index (χ4v) is 4.71. The van der Waals surface area contributed by atoms with Crippen LogP contribution in [0.5, 0.6) is 0 Å². The van der Waals surface area contributed by atoms with Crippen LogP contribution in [-0.2, 0) is 17.9 Å². The molecule has 2 aromatic carbocycles. The number of aliphatic hydroxyl groups excluding tert-OH is 2. The summed E-state index contributed by atoms with van der Waals surface area (Å²) in [6, 6.07) is 11.9. The molecule has 2 heterocycles. The third-order valence-electron chi connectivity index (χ3n) is 5.97. The maximum atomic E-state index is 12.9. The summed E-state index contributed by atoms with van der Waals surface area (Å²) in [5.74, 6) is 0. The minimum absolute atomic E-state index is 0.0361. The van der Waals surface area contributed by atoms with Crippen molar-refractivity contribution >= 4 is 44.5 Å². The van der Waals surface area contributed by atoms with Gasteiger partial charge in [-0.25, -0.2) is 9.78 Å². The van der Waals surface area contributed by atoms with Crippen LogP contribution in [-0.4, -0.2) is 55.6 Å². The molecular formula is C24H25BrClN3O5. The quantitative estimate of drug-likeness (QED) is 0.485. The molecule has 8 nitrogen and oxygen atoms in total. The first-order valence-corrected chi connectivity index (χ1v) is 12.2. The highest BCUT2D eigenvalue weighted by atomic mass is 79.9. The number of likely N-dealkylation sites (tertiary alicyclic amines) is 1. The topological polar surface area (TPSA) is 105 Å². The molecular weight excluding hydrogens is 526 g/mol. The number of piperidine rings is 1.